The van der Waals surface area contributed by atoms with Crippen molar-refractivity contribution >= 4 is 83.8 Å². The molecule has 0 saturated carbocycles. The van der Waals surface area contributed by atoms with Crippen LogP contribution in [0.3, 0.4) is 0 Å². The van der Waals surface area contributed by atoms with Crippen molar-refractivity contribution in [2.75, 3.05) is 4.90 Å². The van der Waals surface area contributed by atoms with Gasteiger partial charge in [0.1, 0.15) is 11.5 Å². The molecule has 16 rings (SSSR count). The Morgan fingerprint density at radius 3 is 1.37 bits per heavy atom. The first-order valence-electron chi connectivity index (χ1n) is 28.2. The van der Waals surface area contributed by atoms with Crippen molar-refractivity contribution in [3.05, 3.63) is 279 Å². The minimum Gasteiger partial charge on any atom is -0.456 e. The third kappa shape index (κ3) is 7.39. The standard InChI is InChI=1S/C76H54BN3O/c1-76(2,3)55-41-38-50(39-42-55)54-45-70-73-72(46-54)81-75-64(47-56(78-65-34-17-13-28-59(65)60-29-14-18-35-66(60)78)48-71(75)79-67-36-19-15-30-61(67)62-31-16-20-37-68(62)79)77(73)63-44-53(49-22-7-4-8-23-49)40-43-69(63)80(70)74-57(51-24-9-5-10-25-51)32-21-33-58(74)52-26-11-6-12-27-52/h4-48H,1-3H3. The van der Waals surface area contributed by atoms with E-state index in [-0.39, 0.29) is 12.1 Å². The number of anilines is 3. The second-order valence-electron chi connectivity index (χ2n) is 22.8. The molecule has 0 amide bonds. The lowest BCUT2D eigenvalue weighted by Crippen LogP contribution is -2.60. The highest BCUT2D eigenvalue weighted by molar-refractivity contribution is 6.99. The Balaban J connectivity index is 1.07. The van der Waals surface area contributed by atoms with Crippen LogP contribution in [0, 0.1) is 0 Å². The number of fused-ring (bicyclic) bond motifs is 10. The highest BCUT2D eigenvalue weighted by Gasteiger charge is 2.45. The second-order valence-corrected chi connectivity index (χ2v) is 22.8. The number of ether oxygens (including phenoxy) is 1. The lowest BCUT2D eigenvalue weighted by atomic mass is 9.34. The number of hydrogen-bond acceptors (Lipinski definition) is 2. The van der Waals surface area contributed by atoms with Gasteiger partial charge < -0.3 is 18.8 Å². The van der Waals surface area contributed by atoms with Crippen LogP contribution in [0.5, 0.6) is 11.5 Å². The molecule has 12 aromatic carbocycles. The van der Waals surface area contributed by atoms with Crippen molar-refractivity contribution in [2.45, 2.75) is 26.2 Å². The van der Waals surface area contributed by atoms with Gasteiger partial charge in [-0.3, -0.25) is 0 Å². The van der Waals surface area contributed by atoms with E-state index in [2.05, 4.69) is 308 Å². The van der Waals surface area contributed by atoms with Crippen LogP contribution in [0.15, 0.2) is 273 Å². The molecule has 0 unspecified atom stereocenters. The molecule has 14 aromatic rings. The lowest BCUT2D eigenvalue weighted by Gasteiger charge is -2.42. The van der Waals surface area contributed by atoms with Crippen LogP contribution in [0.1, 0.15) is 26.3 Å². The van der Waals surface area contributed by atoms with E-state index in [1.807, 2.05) is 0 Å². The van der Waals surface area contributed by atoms with Crippen LogP contribution in [-0.4, -0.2) is 15.8 Å². The number of benzene rings is 12. The fourth-order valence-corrected chi connectivity index (χ4v) is 13.4. The molecule has 81 heavy (non-hydrogen) atoms. The molecule has 0 saturated heterocycles. The zero-order chi connectivity index (χ0) is 53.9. The molecule has 0 fully saturated rings. The van der Waals surface area contributed by atoms with Crippen LogP contribution >= 0.6 is 0 Å². The Morgan fingerprint density at radius 2 is 0.827 bits per heavy atom. The summed E-state index contributed by atoms with van der Waals surface area (Å²) in [6.45, 7) is 6.58. The maximum absolute atomic E-state index is 7.95. The number of aromatic nitrogens is 2. The second kappa shape index (κ2) is 18.2. The van der Waals surface area contributed by atoms with Crippen molar-refractivity contribution in [2.24, 2.45) is 0 Å². The molecule has 4 nitrogen and oxygen atoms in total. The van der Waals surface area contributed by atoms with Gasteiger partial charge >= 0.3 is 0 Å². The molecule has 0 spiro atoms. The molecule has 382 valence electrons. The third-order valence-corrected chi connectivity index (χ3v) is 17.1. The van der Waals surface area contributed by atoms with Gasteiger partial charge in [0, 0.05) is 49.7 Å². The predicted molar refractivity (Wildman–Crippen MR) is 341 cm³/mol. The smallest absolute Gasteiger partial charge is 0.256 e. The maximum atomic E-state index is 7.95. The van der Waals surface area contributed by atoms with Gasteiger partial charge in [-0.2, -0.15) is 0 Å². The number of para-hydroxylation sites is 5. The molecule has 2 aliphatic rings. The maximum Gasteiger partial charge on any atom is 0.256 e. The monoisotopic (exact) mass is 1040 g/mol. The van der Waals surface area contributed by atoms with Crippen LogP contribution in [0.4, 0.5) is 17.1 Å². The summed E-state index contributed by atoms with van der Waals surface area (Å²) in [6.07, 6.45) is 0. The zero-order valence-electron chi connectivity index (χ0n) is 45.3. The van der Waals surface area contributed by atoms with E-state index in [0.29, 0.717) is 0 Å². The number of rotatable bonds is 7. The van der Waals surface area contributed by atoms with E-state index in [4.69, 9.17) is 4.74 Å². The summed E-state index contributed by atoms with van der Waals surface area (Å²) in [5, 5.41) is 4.82. The molecule has 0 radical (unpaired) electrons. The van der Waals surface area contributed by atoms with Crippen molar-refractivity contribution in [3.63, 3.8) is 0 Å². The molecule has 4 heterocycles. The van der Waals surface area contributed by atoms with E-state index in [0.717, 1.165) is 112 Å². The zero-order valence-corrected chi connectivity index (χ0v) is 45.3. The van der Waals surface area contributed by atoms with Gasteiger partial charge in [-0.25, -0.2) is 0 Å². The van der Waals surface area contributed by atoms with Crippen LogP contribution in [-0.2, 0) is 5.41 Å². The van der Waals surface area contributed by atoms with Gasteiger partial charge in [-0.1, -0.05) is 239 Å². The van der Waals surface area contributed by atoms with Gasteiger partial charge in [-0.15, -0.1) is 0 Å². The average Bonchev–Trinajstić information content (AvgIpc) is 3.49. The van der Waals surface area contributed by atoms with E-state index < -0.39 is 0 Å². The molecule has 5 heteroatoms. The molecule has 2 aromatic heterocycles. The van der Waals surface area contributed by atoms with Gasteiger partial charge in [-0.05, 0) is 115 Å². The van der Waals surface area contributed by atoms with E-state index in [9.17, 15) is 0 Å². The Bertz CT molecular complexity index is 4660. The quantitative estimate of drug-likeness (QED) is 0.148. The molecule has 2 aliphatic heterocycles. The minimum atomic E-state index is -0.269. The van der Waals surface area contributed by atoms with Gasteiger partial charge in [0.15, 0.2) is 0 Å². The molecule has 0 aliphatic carbocycles. The largest absolute Gasteiger partial charge is 0.456 e. The van der Waals surface area contributed by atoms with Crippen molar-refractivity contribution < 1.29 is 4.74 Å². The third-order valence-electron chi connectivity index (χ3n) is 17.1. The first kappa shape index (κ1) is 47.0. The van der Waals surface area contributed by atoms with Crippen molar-refractivity contribution in [3.8, 4) is 67.4 Å². The lowest BCUT2D eigenvalue weighted by molar-refractivity contribution is 0.485. The fraction of sp³-hybridized carbons (Fsp3) is 0.0526. The highest BCUT2D eigenvalue weighted by atomic mass is 16.5. The summed E-state index contributed by atoms with van der Waals surface area (Å²) in [4.78, 5) is 2.58. The molecule has 0 N–H and O–H groups in total. The Morgan fingerprint density at radius 1 is 0.346 bits per heavy atom. The summed E-state index contributed by atoms with van der Waals surface area (Å²) in [7, 11) is 0. The summed E-state index contributed by atoms with van der Waals surface area (Å²) in [5.74, 6) is 1.68. The van der Waals surface area contributed by atoms with E-state index in [1.165, 1.54) is 38.1 Å². The topological polar surface area (TPSA) is 22.3 Å². The molecule has 0 bridgehead atoms. The minimum absolute atomic E-state index is 0.00416. The van der Waals surface area contributed by atoms with Gasteiger partial charge in [0.2, 0.25) is 0 Å². The molecular weight excluding hydrogens is 982 g/mol. The van der Waals surface area contributed by atoms with Crippen molar-refractivity contribution in [1.82, 2.24) is 9.13 Å². The summed E-state index contributed by atoms with van der Waals surface area (Å²) in [5.41, 5.74) is 23.7. The van der Waals surface area contributed by atoms with E-state index >= 15 is 0 Å². The molecule has 0 atom stereocenters. The number of hydrogen-bond donors (Lipinski definition) is 0. The van der Waals surface area contributed by atoms with Crippen LogP contribution in [0.25, 0.3) is 99.5 Å². The van der Waals surface area contributed by atoms with Crippen LogP contribution < -0.4 is 26.0 Å². The van der Waals surface area contributed by atoms with Crippen molar-refractivity contribution in [1.29, 1.82) is 0 Å². The van der Waals surface area contributed by atoms with E-state index in [1.54, 1.807) is 0 Å². The van der Waals surface area contributed by atoms with Gasteiger partial charge in [0.05, 0.1) is 33.4 Å². The summed E-state index contributed by atoms with van der Waals surface area (Å²) in [6, 6.07) is 101. The first-order valence-corrected chi connectivity index (χ1v) is 28.2. The van der Waals surface area contributed by atoms with Gasteiger partial charge in [0.25, 0.3) is 6.71 Å². The average molecular weight is 1040 g/mol. The fourth-order valence-electron chi connectivity index (χ4n) is 13.4. The Kier molecular flexibility index (Phi) is 10.6. The Labute approximate surface area is 472 Å². The number of nitrogens with zero attached hydrogens (tertiary/aromatic N) is 3. The van der Waals surface area contributed by atoms with Crippen LogP contribution in [0.2, 0.25) is 0 Å². The normalized spacial score (nSPS) is 12.7. The summed E-state index contributed by atoms with van der Waals surface area (Å²) >= 11 is 0. The predicted octanol–water partition coefficient (Wildman–Crippen LogP) is 18.3. The highest BCUT2D eigenvalue weighted by Crippen LogP contribution is 2.51. The summed E-state index contributed by atoms with van der Waals surface area (Å²) < 4.78 is 12.9. The first-order chi connectivity index (χ1) is 39.8. The molecular formula is C76H54BN3O. The SMILES string of the molecule is CC(C)(C)c1ccc(-c2cc3c4c(c2)N(c2c(-c5ccccc5)cccc2-c2ccccc2)c2ccc(-c5ccccc5)cc2B4c2cc(-n4c5ccccc5c5ccccc54)cc(-n4c5ccccc5c5ccccc54)c2O3)cc1. The Hall–Kier alpha value is -10.1.